The lowest BCUT2D eigenvalue weighted by molar-refractivity contribution is -0.201. The van der Waals surface area contributed by atoms with Crippen molar-refractivity contribution in [2.45, 2.75) is 70.8 Å². The molecule has 12 heteroatoms. The SMILES string of the molecule is C[C@@H]1N[C@@H]([C@@H](O)[C@H](Cc2cccc(O)c2)NC(=O)COC(=O)C(F)(F)F)CO[C@H]1OCC(C)(C)C. The average molecular weight is 507 g/mol. The number of alkyl halides is 3. The Bertz CT molecular complexity index is 860. The maximum atomic E-state index is 12.3. The topological polar surface area (TPSA) is 126 Å². The lowest BCUT2D eigenvalue weighted by atomic mass is 9.95. The number of ether oxygens (including phenoxy) is 3. The molecule has 0 aromatic heterocycles. The first kappa shape index (κ1) is 28.8. The maximum Gasteiger partial charge on any atom is 0.490 e. The number of nitrogens with one attached hydrogen (secondary N) is 2. The molecule has 1 heterocycles. The predicted octanol–water partition coefficient (Wildman–Crippen LogP) is 1.65. The fourth-order valence-corrected chi connectivity index (χ4v) is 3.47. The van der Waals surface area contributed by atoms with Gasteiger partial charge in [-0.1, -0.05) is 32.9 Å². The van der Waals surface area contributed by atoms with E-state index >= 15 is 0 Å². The number of phenolic OH excluding ortho intramolecular Hbond substituents is 1. The van der Waals surface area contributed by atoms with E-state index in [4.69, 9.17) is 9.47 Å². The molecule has 1 fully saturated rings. The molecule has 0 spiro atoms. The van der Waals surface area contributed by atoms with E-state index in [1.165, 1.54) is 12.1 Å². The second-order valence-electron chi connectivity index (χ2n) is 9.75. The number of aromatic hydroxyl groups is 1. The lowest BCUT2D eigenvalue weighted by Crippen LogP contribution is -2.62. The van der Waals surface area contributed by atoms with E-state index in [0.29, 0.717) is 12.2 Å². The highest BCUT2D eigenvalue weighted by atomic mass is 19.4. The van der Waals surface area contributed by atoms with Crippen molar-refractivity contribution in [3.05, 3.63) is 29.8 Å². The van der Waals surface area contributed by atoms with Crippen LogP contribution in [0.1, 0.15) is 33.3 Å². The highest BCUT2D eigenvalue weighted by Gasteiger charge is 2.41. The normalized spacial score (nSPS) is 22.8. The molecule has 1 aliphatic rings. The van der Waals surface area contributed by atoms with E-state index in [2.05, 4.69) is 15.4 Å². The Morgan fingerprint density at radius 2 is 1.97 bits per heavy atom. The molecule has 1 aromatic carbocycles. The van der Waals surface area contributed by atoms with Crippen molar-refractivity contribution >= 4 is 11.9 Å². The zero-order chi connectivity index (χ0) is 26.4. The maximum absolute atomic E-state index is 12.3. The largest absolute Gasteiger partial charge is 0.508 e. The van der Waals surface area contributed by atoms with Crippen molar-refractivity contribution in [2.75, 3.05) is 19.8 Å². The molecule has 2 rings (SSSR count). The third-order valence-electron chi connectivity index (χ3n) is 5.11. The Labute approximate surface area is 201 Å². The minimum absolute atomic E-state index is 0.0328. The minimum Gasteiger partial charge on any atom is -0.508 e. The van der Waals surface area contributed by atoms with Gasteiger partial charge in [-0.05, 0) is 36.5 Å². The molecule has 0 unspecified atom stereocenters. The average Bonchev–Trinajstić information content (AvgIpc) is 2.74. The number of morpholine rings is 1. The third-order valence-corrected chi connectivity index (χ3v) is 5.11. The van der Waals surface area contributed by atoms with Crippen LogP contribution in [-0.4, -0.2) is 78.6 Å². The van der Waals surface area contributed by atoms with Gasteiger partial charge in [0.1, 0.15) is 5.75 Å². The lowest BCUT2D eigenvalue weighted by Gasteiger charge is -2.40. The van der Waals surface area contributed by atoms with Crippen LogP contribution >= 0.6 is 0 Å². The van der Waals surface area contributed by atoms with E-state index in [0.717, 1.165) is 0 Å². The van der Waals surface area contributed by atoms with Gasteiger partial charge < -0.3 is 35.1 Å². The van der Waals surface area contributed by atoms with Gasteiger partial charge in [0, 0.05) is 0 Å². The number of carbonyl (C=O) groups is 2. The molecule has 1 aromatic rings. The summed E-state index contributed by atoms with van der Waals surface area (Å²) in [4.78, 5) is 23.1. The van der Waals surface area contributed by atoms with Crippen LogP contribution in [0.2, 0.25) is 0 Å². The number of aliphatic hydroxyl groups excluding tert-OH is 1. The summed E-state index contributed by atoms with van der Waals surface area (Å²) in [5, 5.41) is 26.4. The summed E-state index contributed by atoms with van der Waals surface area (Å²) in [6.45, 7) is 7.17. The summed E-state index contributed by atoms with van der Waals surface area (Å²) in [5.41, 5.74) is 0.476. The van der Waals surface area contributed by atoms with Crippen LogP contribution < -0.4 is 10.6 Å². The van der Waals surface area contributed by atoms with Crippen LogP contribution in [0.25, 0.3) is 0 Å². The van der Waals surface area contributed by atoms with Gasteiger partial charge in [-0.2, -0.15) is 13.2 Å². The summed E-state index contributed by atoms with van der Waals surface area (Å²) in [6, 6.07) is 4.13. The van der Waals surface area contributed by atoms with Crippen molar-refractivity contribution < 1.29 is 47.2 Å². The van der Waals surface area contributed by atoms with Gasteiger partial charge >= 0.3 is 12.1 Å². The molecule has 0 radical (unpaired) electrons. The Hall–Kier alpha value is -2.41. The highest BCUT2D eigenvalue weighted by Crippen LogP contribution is 2.21. The summed E-state index contributed by atoms with van der Waals surface area (Å²) < 4.78 is 52.6. The Morgan fingerprint density at radius 1 is 1.29 bits per heavy atom. The summed E-state index contributed by atoms with van der Waals surface area (Å²) in [6.07, 6.45) is -7.00. The number of esters is 1. The van der Waals surface area contributed by atoms with Crippen LogP contribution in [0, 0.1) is 5.41 Å². The minimum atomic E-state index is -5.23. The summed E-state index contributed by atoms with van der Waals surface area (Å²) >= 11 is 0. The van der Waals surface area contributed by atoms with E-state index in [1.54, 1.807) is 12.1 Å². The number of benzene rings is 1. The van der Waals surface area contributed by atoms with Crippen molar-refractivity contribution in [3.8, 4) is 5.75 Å². The first-order chi connectivity index (χ1) is 16.2. The van der Waals surface area contributed by atoms with Crippen LogP contribution in [0.15, 0.2) is 24.3 Å². The van der Waals surface area contributed by atoms with Crippen LogP contribution in [0.3, 0.4) is 0 Å². The number of rotatable bonds is 9. The molecule has 0 bridgehead atoms. The standard InChI is InChI=1S/C23H33F3N2O7/c1-13-20(35-12-22(2,3)4)33-10-17(27-13)19(31)16(9-14-6-5-7-15(29)8-14)28-18(30)11-34-21(32)23(24,25)26/h5-8,13,16-17,19-20,27,29,31H,9-12H2,1-4H3,(H,28,30)/t13-,16-,17+,19-,20-/m0/s1. The zero-order valence-corrected chi connectivity index (χ0v) is 20.1. The second-order valence-corrected chi connectivity index (χ2v) is 9.75. The number of phenols is 1. The molecule has 0 saturated carbocycles. The molecule has 1 saturated heterocycles. The van der Waals surface area contributed by atoms with Gasteiger partial charge in [0.2, 0.25) is 0 Å². The Balaban J connectivity index is 2.06. The van der Waals surface area contributed by atoms with Gasteiger partial charge in [0.15, 0.2) is 12.9 Å². The van der Waals surface area contributed by atoms with E-state index in [9.17, 15) is 33.0 Å². The fraction of sp³-hybridized carbons (Fsp3) is 0.652. The first-order valence-corrected chi connectivity index (χ1v) is 11.1. The molecular weight excluding hydrogens is 473 g/mol. The number of amides is 1. The second kappa shape index (κ2) is 12.0. The summed E-state index contributed by atoms with van der Waals surface area (Å²) in [5.74, 6) is -3.55. The highest BCUT2D eigenvalue weighted by molar-refractivity contribution is 5.82. The number of aliphatic hydroxyl groups is 1. The van der Waals surface area contributed by atoms with Crippen molar-refractivity contribution in [2.24, 2.45) is 5.41 Å². The molecule has 198 valence electrons. The van der Waals surface area contributed by atoms with Gasteiger partial charge in [0.25, 0.3) is 5.91 Å². The van der Waals surface area contributed by atoms with Crippen LogP contribution in [0.5, 0.6) is 5.75 Å². The molecule has 9 nitrogen and oxygen atoms in total. The zero-order valence-electron chi connectivity index (χ0n) is 20.1. The van der Waals surface area contributed by atoms with Crippen molar-refractivity contribution in [1.82, 2.24) is 10.6 Å². The van der Waals surface area contributed by atoms with Gasteiger partial charge in [-0.15, -0.1) is 0 Å². The molecule has 35 heavy (non-hydrogen) atoms. The number of carbonyl (C=O) groups excluding carboxylic acids is 2. The van der Waals surface area contributed by atoms with Gasteiger partial charge in [0.05, 0.1) is 37.4 Å². The first-order valence-electron chi connectivity index (χ1n) is 11.1. The summed E-state index contributed by atoms with van der Waals surface area (Å²) in [7, 11) is 0. The number of hydrogen-bond donors (Lipinski definition) is 4. The smallest absolute Gasteiger partial charge is 0.490 e. The van der Waals surface area contributed by atoms with Crippen molar-refractivity contribution in [1.29, 1.82) is 0 Å². The van der Waals surface area contributed by atoms with Gasteiger partial charge in [-0.25, -0.2) is 4.79 Å². The Kier molecular flexibility index (Phi) is 9.90. The van der Waals surface area contributed by atoms with E-state index < -0.39 is 49.1 Å². The monoisotopic (exact) mass is 506 g/mol. The molecule has 4 N–H and O–H groups in total. The van der Waals surface area contributed by atoms with Crippen LogP contribution in [-0.2, 0) is 30.2 Å². The molecular formula is C23H33F3N2O7. The fourth-order valence-electron chi connectivity index (χ4n) is 3.47. The third kappa shape index (κ3) is 9.63. The molecule has 5 atom stereocenters. The molecule has 1 amide bonds. The number of halogens is 3. The van der Waals surface area contributed by atoms with Crippen molar-refractivity contribution in [3.63, 3.8) is 0 Å². The van der Waals surface area contributed by atoms with Gasteiger partial charge in [-0.3, -0.25) is 4.79 Å². The number of hydrogen-bond acceptors (Lipinski definition) is 8. The molecule has 0 aliphatic carbocycles. The Morgan fingerprint density at radius 3 is 2.54 bits per heavy atom. The van der Waals surface area contributed by atoms with E-state index in [-0.39, 0.29) is 30.2 Å². The predicted molar refractivity (Wildman–Crippen MR) is 118 cm³/mol. The quantitative estimate of drug-likeness (QED) is 0.373. The molecule has 1 aliphatic heterocycles. The van der Waals surface area contributed by atoms with E-state index in [1.807, 2.05) is 27.7 Å². The van der Waals surface area contributed by atoms with Crippen LogP contribution in [0.4, 0.5) is 13.2 Å².